The minimum Gasteiger partial charge on any atom is -0.384 e. The lowest BCUT2D eigenvalue weighted by molar-refractivity contribution is 0.0686. The molecule has 21 heavy (non-hydrogen) atoms. The smallest absolute Gasteiger partial charge is 0.253 e. The summed E-state index contributed by atoms with van der Waals surface area (Å²) < 4.78 is 0. The zero-order chi connectivity index (χ0) is 15.1. The number of piperidine rings is 1. The van der Waals surface area contributed by atoms with Crippen LogP contribution in [-0.4, -0.2) is 35.6 Å². The summed E-state index contributed by atoms with van der Waals surface area (Å²) in [5, 5.41) is 8.67. The fourth-order valence-electron chi connectivity index (χ4n) is 2.85. The van der Waals surface area contributed by atoms with Gasteiger partial charge < -0.3 is 10.0 Å². The highest BCUT2D eigenvalue weighted by molar-refractivity contribution is 5.94. The van der Waals surface area contributed by atoms with Gasteiger partial charge in [-0.2, -0.15) is 0 Å². The standard InChI is InChI=1S/C18H23NO2/c1-2-4-15-10-12-19(13-11-15)18(21)17-8-6-16(7-9-17)5-3-14-20/h6-9,15,20H,2,4,10-14H2,1H3. The number of aliphatic hydroxyl groups is 1. The molecule has 0 unspecified atom stereocenters. The van der Waals surface area contributed by atoms with Gasteiger partial charge in [-0.05, 0) is 43.0 Å². The Labute approximate surface area is 127 Å². The Kier molecular flexibility index (Phi) is 5.83. The van der Waals surface area contributed by atoms with Crippen LogP contribution in [0.4, 0.5) is 0 Å². The largest absolute Gasteiger partial charge is 0.384 e. The summed E-state index contributed by atoms with van der Waals surface area (Å²) >= 11 is 0. The second kappa shape index (κ2) is 7.85. The normalized spacial score (nSPS) is 15.4. The predicted octanol–water partition coefficient (Wildman–Crippen LogP) is 2.68. The summed E-state index contributed by atoms with van der Waals surface area (Å²) in [4.78, 5) is 14.4. The van der Waals surface area contributed by atoms with Crippen molar-refractivity contribution < 1.29 is 9.90 Å². The van der Waals surface area contributed by atoms with Gasteiger partial charge in [0.2, 0.25) is 0 Å². The highest BCUT2D eigenvalue weighted by Crippen LogP contribution is 2.22. The van der Waals surface area contributed by atoms with Gasteiger partial charge in [-0.15, -0.1) is 0 Å². The minimum atomic E-state index is -0.145. The van der Waals surface area contributed by atoms with Crippen molar-refractivity contribution in [3.63, 3.8) is 0 Å². The van der Waals surface area contributed by atoms with Crippen LogP contribution in [0, 0.1) is 17.8 Å². The summed E-state index contributed by atoms with van der Waals surface area (Å²) in [6, 6.07) is 7.31. The molecule has 1 fully saturated rings. The number of amides is 1. The highest BCUT2D eigenvalue weighted by Gasteiger charge is 2.22. The van der Waals surface area contributed by atoms with Gasteiger partial charge in [0.05, 0.1) is 0 Å². The van der Waals surface area contributed by atoms with Crippen LogP contribution in [0.2, 0.25) is 0 Å². The van der Waals surface area contributed by atoms with Crippen molar-refractivity contribution in [3.05, 3.63) is 35.4 Å². The van der Waals surface area contributed by atoms with Crippen molar-refractivity contribution in [3.8, 4) is 11.8 Å². The van der Waals surface area contributed by atoms with Gasteiger partial charge >= 0.3 is 0 Å². The van der Waals surface area contributed by atoms with Crippen LogP contribution >= 0.6 is 0 Å². The number of carbonyl (C=O) groups excluding carboxylic acids is 1. The van der Waals surface area contributed by atoms with E-state index in [4.69, 9.17) is 5.11 Å². The molecule has 0 radical (unpaired) electrons. The van der Waals surface area contributed by atoms with Crippen LogP contribution in [0.5, 0.6) is 0 Å². The Hall–Kier alpha value is -1.79. The molecule has 0 bridgehead atoms. The van der Waals surface area contributed by atoms with Gasteiger partial charge in [0.1, 0.15) is 6.61 Å². The van der Waals surface area contributed by atoms with E-state index in [-0.39, 0.29) is 12.5 Å². The van der Waals surface area contributed by atoms with Gasteiger partial charge in [-0.25, -0.2) is 0 Å². The van der Waals surface area contributed by atoms with E-state index in [1.807, 2.05) is 29.2 Å². The van der Waals surface area contributed by atoms with Crippen LogP contribution in [-0.2, 0) is 0 Å². The van der Waals surface area contributed by atoms with E-state index in [1.54, 1.807) is 0 Å². The number of nitrogens with zero attached hydrogens (tertiary/aromatic N) is 1. The monoisotopic (exact) mass is 285 g/mol. The van der Waals surface area contributed by atoms with Gasteiger partial charge in [-0.3, -0.25) is 4.79 Å². The lowest BCUT2D eigenvalue weighted by atomic mass is 9.92. The molecular formula is C18H23NO2. The molecule has 1 saturated heterocycles. The van der Waals surface area contributed by atoms with E-state index in [9.17, 15) is 4.79 Å². The topological polar surface area (TPSA) is 40.5 Å². The molecule has 1 amide bonds. The van der Waals surface area contributed by atoms with Gasteiger partial charge in [0.15, 0.2) is 0 Å². The maximum atomic E-state index is 12.4. The van der Waals surface area contributed by atoms with E-state index in [0.29, 0.717) is 0 Å². The van der Waals surface area contributed by atoms with Crippen molar-refractivity contribution >= 4 is 5.91 Å². The third-order valence-corrected chi connectivity index (χ3v) is 4.04. The van der Waals surface area contributed by atoms with Crippen LogP contribution in [0.1, 0.15) is 48.5 Å². The van der Waals surface area contributed by atoms with Gasteiger partial charge in [0, 0.05) is 24.2 Å². The molecule has 1 aliphatic heterocycles. The van der Waals surface area contributed by atoms with Crippen molar-refractivity contribution in [2.24, 2.45) is 5.92 Å². The second-order valence-electron chi connectivity index (χ2n) is 5.56. The molecule has 1 heterocycles. The molecule has 3 nitrogen and oxygen atoms in total. The minimum absolute atomic E-state index is 0.117. The molecule has 1 aromatic rings. The molecule has 1 N–H and O–H groups in total. The van der Waals surface area contributed by atoms with Gasteiger partial charge in [-0.1, -0.05) is 31.6 Å². The summed E-state index contributed by atoms with van der Waals surface area (Å²) in [7, 11) is 0. The van der Waals surface area contributed by atoms with E-state index < -0.39 is 0 Å². The number of benzene rings is 1. The molecule has 0 saturated carbocycles. The molecule has 1 aliphatic rings. The molecule has 3 heteroatoms. The Bertz CT molecular complexity index is 516. The van der Waals surface area contributed by atoms with E-state index in [2.05, 4.69) is 18.8 Å². The average Bonchev–Trinajstić information content (AvgIpc) is 2.54. The summed E-state index contributed by atoms with van der Waals surface area (Å²) in [6.07, 6.45) is 4.76. The number of carbonyl (C=O) groups is 1. The molecular weight excluding hydrogens is 262 g/mol. The van der Waals surface area contributed by atoms with Crippen LogP contribution in [0.25, 0.3) is 0 Å². The number of hydrogen-bond donors (Lipinski definition) is 1. The lowest BCUT2D eigenvalue weighted by Gasteiger charge is -2.32. The van der Waals surface area contributed by atoms with Crippen LogP contribution in [0.15, 0.2) is 24.3 Å². The first-order valence-corrected chi connectivity index (χ1v) is 7.73. The lowest BCUT2D eigenvalue weighted by Crippen LogP contribution is -2.38. The van der Waals surface area contributed by atoms with Crippen molar-refractivity contribution in [2.75, 3.05) is 19.7 Å². The highest BCUT2D eigenvalue weighted by atomic mass is 16.2. The number of aliphatic hydroxyl groups excluding tert-OH is 1. The zero-order valence-corrected chi connectivity index (χ0v) is 12.6. The molecule has 0 aromatic heterocycles. The summed E-state index contributed by atoms with van der Waals surface area (Å²) in [5.74, 6) is 6.34. The first kappa shape index (κ1) is 15.6. The van der Waals surface area contributed by atoms with E-state index in [1.165, 1.54) is 12.8 Å². The molecule has 0 atom stereocenters. The van der Waals surface area contributed by atoms with Crippen LogP contribution < -0.4 is 0 Å². The Morgan fingerprint density at radius 3 is 2.52 bits per heavy atom. The molecule has 112 valence electrons. The first-order valence-electron chi connectivity index (χ1n) is 7.73. The molecule has 2 rings (SSSR count). The van der Waals surface area contributed by atoms with E-state index in [0.717, 1.165) is 43.0 Å². The fraction of sp³-hybridized carbons (Fsp3) is 0.500. The SMILES string of the molecule is CCCC1CCN(C(=O)c2ccc(C#CCO)cc2)CC1. The maximum Gasteiger partial charge on any atom is 0.253 e. The second-order valence-corrected chi connectivity index (χ2v) is 5.56. The molecule has 1 aromatic carbocycles. The summed E-state index contributed by atoms with van der Waals surface area (Å²) in [5.41, 5.74) is 1.54. The number of hydrogen-bond acceptors (Lipinski definition) is 2. The molecule has 0 aliphatic carbocycles. The quantitative estimate of drug-likeness (QED) is 0.867. The third kappa shape index (κ3) is 4.34. The third-order valence-electron chi connectivity index (χ3n) is 4.04. The Balaban J connectivity index is 1.94. The van der Waals surface area contributed by atoms with Crippen molar-refractivity contribution in [1.29, 1.82) is 0 Å². The Morgan fingerprint density at radius 2 is 1.95 bits per heavy atom. The first-order chi connectivity index (χ1) is 10.2. The van der Waals surface area contributed by atoms with Crippen molar-refractivity contribution in [2.45, 2.75) is 32.6 Å². The number of rotatable bonds is 3. The Morgan fingerprint density at radius 1 is 1.29 bits per heavy atom. The zero-order valence-electron chi connectivity index (χ0n) is 12.6. The maximum absolute atomic E-state index is 12.4. The van der Waals surface area contributed by atoms with Gasteiger partial charge in [0.25, 0.3) is 5.91 Å². The molecule has 0 spiro atoms. The van der Waals surface area contributed by atoms with Crippen molar-refractivity contribution in [1.82, 2.24) is 4.90 Å². The average molecular weight is 285 g/mol. The fourth-order valence-corrected chi connectivity index (χ4v) is 2.85. The number of likely N-dealkylation sites (tertiary alicyclic amines) is 1. The van der Waals surface area contributed by atoms with Crippen LogP contribution in [0.3, 0.4) is 0 Å². The summed E-state index contributed by atoms with van der Waals surface area (Å²) in [6.45, 7) is 3.82. The predicted molar refractivity (Wildman–Crippen MR) is 83.9 cm³/mol. The van der Waals surface area contributed by atoms with E-state index >= 15 is 0 Å².